The van der Waals surface area contributed by atoms with Gasteiger partial charge < -0.3 is 9.80 Å². The third kappa shape index (κ3) is 2.50. The Kier molecular flexibility index (Phi) is 3.49. The first-order valence-electron chi connectivity index (χ1n) is 5.77. The number of hydrogen-bond donors (Lipinski definition) is 2. The van der Waals surface area contributed by atoms with Gasteiger partial charge in [0.25, 0.3) is 0 Å². The molecule has 17 heavy (non-hydrogen) atoms. The molecule has 0 radical (unpaired) electrons. The molecular formula is C12H18N4O. The van der Waals surface area contributed by atoms with E-state index in [1.54, 1.807) is 0 Å². The molecule has 1 heterocycles. The predicted octanol–water partition coefficient (Wildman–Crippen LogP) is 0.323. The summed E-state index contributed by atoms with van der Waals surface area (Å²) in [6, 6.07) is 8.25. The highest BCUT2D eigenvalue weighted by molar-refractivity contribution is 5.77. The van der Waals surface area contributed by atoms with Crippen LogP contribution in [0.5, 0.6) is 0 Å². The van der Waals surface area contributed by atoms with Crippen LogP contribution >= 0.6 is 0 Å². The predicted molar refractivity (Wildman–Crippen MR) is 68.9 cm³/mol. The van der Waals surface area contributed by atoms with Gasteiger partial charge in [-0.1, -0.05) is 12.1 Å². The second-order valence-electron chi connectivity index (χ2n) is 4.21. The van der Waals surface area contributed by atoms with E-state index in [0.29, 0.717) is 13.0 Å². The summed E-state index contributed by atoms with van der Waals surface area (Å²) in [6.07, 6.45) is 0.425. The van der Waals surface area contributed by atoms with Gasteiger partial charge in [-0.15, -0.1) is 0 Å². The van der Waals surface area contributed by atoms with E-state index in [1.807, 2.05) is 12.1 Å². The minimum absolute atomic E-state index is 0.124. The zero-order valence-corrected chi connectivity index (χ0v) is 10.0. The first-order chi connectivity index (χ1) is 8.22. The van der Waals surface area contributed by atoms with Gasteiger partial charge in [0.15, 0.2) is 0 Å². The largest absolute Gasteiger partial charge is 0.371 e. The van der Waals surface area contributed by atoms with E-state index in [2.05, 4.69) is 34.4 Å². The van der Waals surface area contributed by atoms with Crippen LogP contribution in [0.15, 0.2) is 24.3 Å². The summed E-state index contributed by atoms with van der Waals surface area (Å²) in [7, 11) is 2.09. The molecule has 1 aliphatic heterocycles. The maximum Gasteiger partial charge on any atom is 0.235 e. The average Bonchev–Trinajstić information content (AvgIpc) is 2.38. The smallest absolute Gasteiger partial charge is 0.235 e. The minimum atomic E-state index is -0.124. The first kappa shape index (κ1) is 11.7. The Balaban J connectivity index is 2.10. The molecule has 0 atom stereocenters. The van der Waals surface area contributed by atoms with E-state index < -0.39 is 0 Å². The molecule has 3 N–H and O–H groups in total. The molecular weight excluding hydrogens is 216 g/mol. The molecule has 0 bridgehead atoms. The van der Waals surface area contributed by atoms with E-state index in [4.69, 9.17) is 5.84 Å². The van der Waals surface area contributed by atoms with Crippen LogP contribution in [0.25, 0.3) is 0 Å². The fraction of sp³-hybridized carbons (Fsp3) is 0.417. The number of nitrogens with one attached hydrogen (secondary N) is 1. The van der Waals surface area contributed by atoms with Crippen LogP contribution in [0.4, 0.5) is 11.4 Å². The molecule has 92 valence electrons. The van der Waals surface area contributed by atoms with Crippen LogP contribution in [-0.4, -0.2) is 32.6 Å². The second-order valence-corrected chi connectivity index (χ2v) is 4.21. The fourth-order valence-corrected chi connectivity index (χ4v) is 2.11. The quantitative estimate of drug-likeness (QED) is 0.449. The minimum Gasteiger partial charge on any atom is -0.371 e. The number of para-hydroxylation sites is 2. The van der Waals surface area contributed by atoms with Gasteiger partial charge in [-0.05, 0) is 12.1 Å². The molecule has 0 saturated heterocycles. The summed E-state index contributed by atoms with van der Waals surface area (Å²) in [5.74, 6) is 4.95. The lowest BCUT2D eigenvalue weighted by Gasteiger charge is -2.36. The highest BCUT2D eigenvalue weighted by atomic mass is 16.2. The van der Waals surface area contributed by atoms with Crippen LogP contribution in [0.1, 0.15) is 6.42 Å². The number of nitrogens with two attached hydrogens (primary N) is 1. The number of amides is 1. The molecule has 0 saturated carbocycles. The SMILES string of the molecule is CN1CCN(CCC(=O)NN)c2ccccc21. The number of hydrogen-bond acceptors (Lipinski definition) is 4. The Bertz CT molecular complexity index is 407. The number of likely N-dealkylation sites (N-methyl/N-ethyl adjacent to an activating group) is 1. The number of benzene rings is 1. The highest BCUT2D eigenvalue weighted by Crippen LogP contribution is 2.31. The molecule has 0 spiro atoms. The molecule has 0 unspecified atom stereocenters. The van der Waals surface area contributed by atoms with Crippen molar-refractivity contribution in [3.05, 3.63) is 24.3 Å². The Labute approximate surface area is 101 Å². The van der Waals surface area contributed by atoms with Crippen LogP contribution in [0.3, 0.4) is 0 Å². The number of anilines is 2. The average molecular weight is 234 g/mol. The molecule has 0 fully saturated rings. The standard InChI is InChI=1S/C12H18N4O/c1-15-8-9-16(7-6-12(17)14-13)11-5-3-2-4-10(11)15/h2-5H,6-9,13H2,1H3,(H,14,17). The van der Waals surface area contributed by atoms with Gasteiger partial charge in [0.05, 0.1) is 11.4 Å². The molecule has 5 nitrogen and oxygen atoms in total. The number of nitrogens with zero attached hydrogens (tertiary/aromatic N) is 2. The van der Waals surface area contributed by atoms with E-state index in [9.17, 15) is 4.79 Å². The van der Waals surface area contributed by atoms with Gasteiger partial charge in [-0.25, -0.2) is 5.84 Å². The summed E-state index contributed by atoms with van der Waals surface area (Å²) < 4.78 is 0. The summed E-state index contributed by atoms with van der Waals surface area (Å²) in [5.41, 5.74) is 4.56. The molecule has 5 heteroatoms. The van der Waals surface area contributed by atoms with Gasteiger partial charge in [0.2, 0.25) is 5.91 Å². The molecule has 1 amide bonds. The van der Waals surface area contributed by atoms with Crippen LogP contribution < -0.4 is 21.1 Å². The third-order valence-electron chi connectivity index (χ3n) is 3.11. The van der Waals surface area contributed by atoms with Crippen LogP contribution in [-0.2, 0) is 4.79 Å². The molecule has 2 rings (SSSR count). The van der Waals surface area contributed by atoms with Crippen LogP contribution in [0, 0.1) is 0 Å². The Morgan fingerprint density at radius 1 is 1.35 bits per heavy atom. The summed E-state index contributed by atoms with van der Waals surface area (Å²) in [4.78, 5) is 15.6. The normalized spacial score (nSPS) is 14.5. The summed E-state index contributed by atoms with van der Waals surface area (Å²) in [6.45, 7) is 2.61. The first-order valence-corrected chi connectivity index (χ1v) is 5.77. The Hall–Kier alpha value is -1.75. The Morgan fingerprint density at radius 3 is 2.76 bits per heavy atom. The van der Waals surface area contributed by atoms with Crippen molar-refractivity contribution >= 4 is 17.3 Å². The Morgan fingerprint density at radius 2 is 2.06 bits per heavy atom. The van der Waals surface area contributed by atoms with Gasteiger partial charge in [-0.3, -0.25) is 10.2 Å². The number of rotatable bonds is 3. The topological polar surface area (TPSA) is 61.6 Å². The van der Waals surface area contributed by atoms with Gasteiger partial charge in [0, 0.05) is 33.1 Å². The highest BCUT2D eigenvalue weighted by Gasteiger charge is 2.19. The maximum absolute atomic E-state index is 11.2. The molecule has 1 aliphatic rings. The van der Waals surface area contributed by atoms with Crippen molar-refractivity contribution < 1.29 is 4.79 Å². The fourth-order valence-electron chi connectivity index (χ4n) is 2.11. The maximum atomic E-state index is 11.2. The summed E-state index contributed by atoms with van der Waals surface area (Å²) >= 11 is 0. The lowest BCUT2D eigenvalue weighted by atomic mass is 10.1. The number of hydrazine groups is 1. The lowest BCUT2D eigenvalue weighted by Crippen LogP contribution is -2.41. The monoisotopic (exact) mass is 234 g/mol. The lowest BCUT2D eigenvalue weighted by molar-refractivity contribution is -0.120. The van der Waals surface area contributed by atoms with Crippen molar-refractivity contribution in [1.29, 1.82) is 0 Å². The van der Waals surface area contributed by atoms with Gasteiger partial charge in [0.1, 0.15) is 0 Å². The number of fused-ring (bicyclic) bond motifs is 1. The van der Waals surface area contributed by atoms with Gasteiger partial charge >= 0.3 is 0 Å². The van der Waals surface area contributed by atoms with Crippen molar-refractivity contribution in [2.45, 2.75) is 6.42 Å². The van der Waals surface area contributed by atoms with E-state index in [1.165, 1.54) is 11.4 Å². The number of carbonyl (C=O) groups excluding carboxylic acids is 1. The zero-order chi connectivity index (χ0) is 12.3. The molecule has 0 aromatic heterocycles. The summed E-state index contributed by atoms with van der Waals surface area (Å²) in [5, 5.41) is 0. The van der Waals surface area contributed by atoms with Crippen molar-refractivity contribution in [3.63, 3.8) is 0 Å². The zero-order valence-electron chi connectivity index (χ0n) is 10.0. The van der Waals surface area contributed by atoms with E-state index in [-0.39, 0.29) is 5.91 Å². The molecule has 1 aromatic rings. The second kappa shape index (κ2) is 5.05. The van der Waals surface area contributed by atoms with Crippen molar-refractivity contribution in [3.8, 4) is 0 Å². The van der Waals surface area contributed by atoms with Crippen molar-refractivity contribution in [2.24, 2.45) is 5.84 Å². The van der Waals surface area contributed by atoms with Crippen molar-refractivity contribution in [2.75, 3.05) is 36.5 Å². The van der Waals surface area contributed by atoms with E-state index >= 15 is 0 Å². The van der Waals surface area contributed by atoms with Crippen LogP contribution in [0.2, 0.25) is 0 Å². The number of carbonyl (C=O) groups is 1. The third-order valence-corrected chi connectivity index (χ3v) is 3.11. The van der Waals surface area contributed by atoms with Crippen molar-refractivity contribution in [1.82, 2.24) is 5.43 Å². The van der Waals surface area contributed by atoms with Gasteiger partial charge in [-0.2, -0.15) is 0 Å². The molecule has 1 aromatic carbocycles. The van der Waals surface area contributed by atoms with E-state index in [0.717, 1.165) is 13.1 Å². The molecule has 0 aliphatic carbocycles.